The van der Waals surface area contributed by atoms with Crippen LogP contribution in [0.5, 0.6) is 0 Å². The number of carbonyl (C=O) groups excluding carboxylic acids is 2. The molecule has 1 saturated heterocycles. The lowest BCUT2D eigenvalue weighted by molar-refractivity contribution is -0.123. The number of hydrogen-bond acceptors (Lipinski definition) is 8. The minimum atomic E-state index is -3.97. The number of sulfonamides is 1. The lowest BCUT2D eigenvalue weighted by atomic mass is 9.95. The SMILES string of the molecule is CCCC(=O)c1cc(C#N)c(N2CCC(C(=O)NS(=O)(=O)Cc3ccccc3C#N)CC2)nc1C. The summed E-state index contributed by atoms with van der Waals surface area (Å²) in [6, 6.07) is 12.0. The van der Waals surface area contributed by atoms with Crippen LogP contribution in [0.1, 0.15) is 65.3 Å². The molecule has 0 radical (unpaired) electrons. The van der Waals surface area contributed by atoms with Crippen LogP contribution in [0.4, 0.5) is 5.82 Å². The number of hydrogen-bond donors (Lipinski definition) is 1. The van der Waals surface area contributed by atoms with Crippen LogP contribution >= 0.6 is 0 Å². The monoisotopic (exact) mass is 493 g/mol. The second-order valence-corrected chi connectivity index (χ2v) is 10.3. The van der Waals surface area contributed by atoms with E-state index in [0.29, 0.717) is 67.0 Å². The van der Waals surface area contributed by atoms with Crippen LogP contribution in [-0.2, 0) is 20.6 Å². The maximum atomic E-state index is 12.7. The van der Waals surface area contributed by atoms with E-state index in [-0.39, 0.29) is 11.3 Å². The summed E-state index contributed by atoms with van der Waals surface area (Å²) >= 11 is 0. The molecule has 0 bridgehead atoms. The fourth-order valence-electron chi connectivity index (χ4n) is 4.15. The molecule has 1 aliphatic heterocycles. The van der Waals surface area contributed by atoms with Crippen LogP contribution in [0, 0.1) is 35.5 Å². The molecule has 3 rings (SSSR count). The van der Waals surface area contributed by atoms with Crippen molar-refractivity contribution in [1.29, 1.82) is 10.5 Å². The molecule has 1 aromatic heterocycles. The molecule has 0 unspecified atom stereocenters. The Morgan fingerprint density at radius 2 is 1.80 bits per heavy atom. The van der Waals surface area contributed by atoms with Gasteiger partial charge in [0.05, 0.1) is 28.6 Å². The molecule has 1 amide bonds. The van der Waals surface area contributed by atoms with E-state index in [1.807, 2.05) is 17.9 Å². The predicted octanol–water partition coefficient (Wildman–Crippen LogP) is 2.98. The molecule has 2 heterocycles. The number of nitriles is 2. The van der Waals surface area contributed by atoms with Crippen molar-refractivity contribution in [2.24, 2.45) is 5.92 Å². The maximum Gasteiger partial charge on any atom is 0.239 e. The number of anilines is 1. The number of nitrogens with zero attached hydrogens (tertiary/aromatic N) is 4. The van der Waals surface area contributed by atoms with E-state index < -0.39 is 27.6 Å². The molecule has 0 spiro atoms. The summed E-state index contributed by atoms with van der Waals surface area (Å²) in [5, 5.41) is 18.8. The maximum absolute atomic E-state index is 12.7. The summed E-state index contributed by atoms with van der Waals surface area (Å²) < 4.78 is 27.2. The molecule has 1 aliphatic rings. The molecule has 1 fully saturated rings. The zero-order chi connectivity index (χ0) is 25.6. The van der Waals surface area contributed by atoms with Gasteiger partial charge in [0.15, 0.2) is 5.78 Å². The molecule has 1 N–H and O–H groups in total. The Morgan fingerprint density at radius 1 is 1.14 bits per heavy atom. The molecule has 0 saturated carbocycles. The van der Waals surface area contributed by atoms with Gasteiger partial charge in [-0.3, -0.25) is 14.3 Å². The van der Waals surface area contributed by atoms with Crippen molar-refractivity contribution >= 4 is 27.5 Å². The van der Waals surface area contributed by atoms with Crippen molar-refractivity contribution in [3.8, 4) is 12.1 Å². The Kier molecular flexibility index (Phi) is 8.21. The van der Waals surface area contributed by atoms with Crippen LogP contribution in [0.3, 0.4) is 0 Å². The third-order valence-electron chi connectivity index (χ3n) is 6.00. The molecule has 0 aliphatic carbocycles. The molecule has 1 aromatic carbocycles. The van der Waals surface area contributed by atoms with Crippen molar-refractivity contribution in [2.75, 3.05) is 18.0 Å². The number of rotatable bonds is 8. The van der Waals surface area contributed by atoms with E-state index in [4.69, 9.17) is 5.26 Å². The first kappa shape index (κ1) is 25.9. The Balaban J connectivity index is 1.66. The van der Waals surface area contributed by atoms with Gasteiger partial charge in [-0.05, 0) is 43.9 Å². The fourth-order valence-corrected chi connectivity index (χ4v) is 5.35. The summed E-state index contributed by atoms with van der Waals surface area (Å²) in [7, 11) is -3.97. The first-order chi connectivity index (χ1) is 16.7. The van der Waals surface area contributed by atoms with Crippen molar-refractivity contribution in [3.63, 3.8) is 0 Å². The number of nitrogens with one attached hydrogen (secondary N) is 1. The third-order valence-corrected chi connectivity index (χ3v) is 7.20. The van der Waals surface area contributed by atoms with Gasteiger partial charge in [0.25, 0.3) is 0 Å². The van der Waals surface area contributed by atoms with Crippen LogP contribution in [-0.4, -0.2) is 38.2 Å². The average molecular weight is 494 g/mol. The Hall–Kier alpha value is -3.76. The van der Waals surface area contributed by atoms with Gasteiger partial charge in [0, 0.05) is 31.0 Å². The normalized spacial score (nSPS) is 14.1. The molecule has 9 nitrogen and oxygen atoms in total. The number of benzene rings is 1. The van der Waals surface area contributed by atoms with Gasteiger partial charge in [-0.25, -0.2) is 13.4 Å². The topological polar surface area (TPSA) is 144 Å². The molecule has 0 atom stereocenters. The largest absolute Gasteiger partial charge is 0.355 e. The Labute approximate surface area is 205 Å². The highest BCUT2D eigenvalue weighted by Gasteiger charge is 2.30. The first-order valence-corrected chi connectivity index (χ1v) is 13.1. The lowest BCUT2D eigenvalue weighted by Gasteiger charge is -2.32. The van der Waals surface area contributed by atoms with Crippen molar-refractivity contribution in [2.45, 2.75) is 45.3 Å². The van der Waals surface area contributed by atoms with E-state index in [1.54, 1.807) is 31.2 Å². The smallest absolute Gasteiger partial charge is 0.239 e. The summed E-state index contributed by atoms with van der Waals surface area (Å²) in [4.78, 5) is 31.4. The highest BCUT2D eigenvalue weighted by molar-refractivity contribution is 7.89. The highest BCUT2D eigenvalue weighted by atomic mass is 32.2. The number of aryl methyl sites for hydroxylation is 1. The second-order valence-electron chi connectivity index (χ2n) is 8.53. The van der Waals surface area contributed by atoms with Crippen LogP contribution in [0.2, 0.25) is 0 Å². The molecular formula is C25H27N5O4S. The van der Waals surface area contributed by atoms with Gasteiger partial charge in [0.2, 0.25) is 15.9 Å². The molecule has 2 aromatic rings. The fraction of sp³-hybridized carbons (Fsp3) is 0.400. The van der Waals surface area contributed by atoms with Crippen LogP contribution < -0.4 is 9.62 Å². The number of pyridine rings is 1. The van der Waals surface area contributed by atoms with Gasteiger partial charge in [-0.2, -0.15) is 10.5 Å². The third kappa shape index (κ3) is 6.23. The summed E-state index contributed by atoms with van der Waals surface area (Å²) in [5.41, 5.74) is 1.89. The average Bonchev–Trinajstić information content (AvgIpc) is 2.83. The molecular weight excluding hydrogens is 466 g/mol. The molecule has 182 valence electrons. The zero-order valence-corrected chi connectivity index (χ0v) is 20.6. The summed E-state index contributed by atoms with van der Waals surface area (Å²) in [5.74, 6) is -1.13. The number of carbonyl (C=O) groups is 2. The Morgan fingerprint density at radius 3 is 2.43 bits per heavy atom. The number of aromatic nitrogens is 1. The summed E-state index contributed by atoms with van der Waals surface area (Å²) in [6.07, 6.45) is 1.87. The summed E-state index contributed by atoms with van der Waals surface area (Å²) in [6.45, 7) is 4.48. The van der Waals surface area contributed by atoms with Gasteiger partial charge >= 0.3 is 0 Å². The van der Waals surface area contributed by atoms with Gasteiger partial charge in [-0.15, -0.1) is 0 Å². The van der Waals surface area contributed by atoms with E-state index >= 15 is 0 Å². The van der Waals surface area contributed by atoms with Crippen LogP contribution in [0.25, 0.3) is 0 Å². The quantitative estimate of drug-likeness (QED) is 0.553. The van der Waals surface area contributed by atoms with Gasteiger partial charge in [-0.1, -0.05) is 25.1 Å². The van der Waals surface area contributed by atoms with Crippen molar-refractivity contribution in [3.05, 3.63) is 58.3 Å². The van der Waals surface area contributed by atoms with Gasteiger partial charge < -0.3 is 4.90 Å². The van der Waals surface area contributed by atoms with Crippen molar-refractivity contribution in [1.82, 2.24) is 9.71 Å². The second kappa shape index (κ2) is 11.1. The number of amides is 1. The minimum absolute atomic E-state index is 0.0467. The minimum Gasteiger partial charge on any atom is -0.355 e. The Bertz CT molecular complexity index is 1320. The zero-order valence-electron chi connectivity index (χ0n) is 19.7. The van der Waals surface area contributed by atoms with Crippen LogP contribution in [0.15, 0.2) is 30.3 Å². The van der Waals surface area contributed by atoms with E-state index in [1.165, 1.54) is 6.07 Å². The van der Waals surface area contributed by atoms with E-state index in [2.05, 4.69) is 15.8 Å². The number of ketones is 1. The van der Waals surface area contributed by atoms with E-state index in [9.17, 15) is 23.3 Å². The van der Waals surface area contributed by atoms with Crippen molar-refractivity contribution < 1.29 is 18.0 Å². The highest BCUT2D eigenvalue weighted by Crippen LogP contribution is 2.27. The predicted molar refractivity (Wildman–Crippen MR) is 130 cm³/mol. The molecule has 35 heavy (non-hydrogen) atoms. The number of piperidine rings is 1. The number of Topliss-reactive ketones (excluding diaryl/α,β-unsaturated/α-hetero) is 1. The lowest BCUT2D eigenvalue weighted by Crippen LogP contribution is -2.43. The molecule has 10 heteroatoms. The first-order valence-electron chi connectivity index (χ1n) is 11.4. The van der Waals surface area contributed by atoms with E-state index in [0.717, 1.165) is 0 Å². The standard InChI is InChI=1S/C25H27N5O4S/c1-3-6-23(31)22-13-21(15-27)24(28-17(22)2)30-11-9-18(10-12-30)25(32)29-35(33,34)16-20-8-5-4-7-19(20)14-26/h4-5,7-8,13,18H,3,6,9-12,16H2,1-2H3,(H,29,32). The van der Waals surface area contributed by atoms with Gasteiger partial charge in [0.1, 0.15) is 11.9 Å².